The van der Waals surface area contributed by atoms with E-state index in [1.54, 1.807) is 17.4 Å². The lowest BCUT2D eigenvalue weighted by atomic mass is 10.1. The van der Waals surface area contributed by atoms with Gasteiger partial charge in [-0.3, -0.25) is 0 Å². The van der Waals surface area contributed by atoms with Gasteiger partial charge in [0.2, 0.25) is 0 Å². The van der Waals surface area contributed by atoms with Crippen LogP contribution in [0.5, 0.6) is 0 Å². The number of aromatic nitrogens is 1. The number of nitrogens with zero attached hydrogens (tertiary/aromatic N) is 1. The molecule has 2 nitrogen and oxygen atoms in total. The van der Waals surface area contributed by atoms with Gasteiger partial charge in [0.15, 0.2) is 11.6 Å². The van der Waals surface area contributed by atoms with Crippen molar-refractivity contribution in [1.82, 2.24) is 10.3 Å². The second-order valence-electron chi connectivity index (χ2n) is 4.53. The van der Waals surface area contributed by atoms with Crippen LogP contribution in [-0.2, 0) is 6.54 Å². The minimum absolute atomic E-state index is 0.0815. The zero-order valence-corrected chi connectivity index (χ0v) is 11.9. The molecule has 0 spiro atoms. The van der Waals surface area contributed by atoms with E-state index < -0.39 is 11.6 Å². The van der Waals surface area contributed by atoms with E-state index in [1.165, 1.54) is 10.9 Å². The molecule has 1 atom stereocenters. The number of nitrogens with one attached hydrogen (secondary N) is 1. The Morgan fingerprint density at radius 3 is 2.58 bits per heavy atom. The maximum Gasteiger partial charge on any atom is 0.159 e. The number of halogens is 2. The number of rotatable bonds is 4. The summed E-state index contributed by atoms with van der Waals surface area (Å²) in [6, 6.07) is 4.03. The monoisotopic (exact) mass is 282 g/mol. The third kappa shape index (κ3) is 3.36. The predicted octanol–water partition coefficient (Wildman–Crippen LogP) is 3.89. The highest BCUT2D eigenvalue weighted by Crippen LogP contribution is 2.22. The molecule has 2 rings (SSSR count). The van der Waals surface area contributed by atoms with E-state index in [4.69, 9.17) is 0 Å². The Labute approximate surface area is 115 Å². The van der Waals surface area contributed by atoms with E-state index in [0.29, 0.717) is 6.54 Å². The first-order valence-corrected chi connectivity index (χ1v) is 6.90. The van der Waals surface area contributed by atoms with Gasteiger partial charge in [-0.2, -0.15) is 0 Å². The van der Waals surface area contributed by atoms with Gasteiger partial charge in [0.25, 0.3) is 0 Å². The molecule has 0 radical (unpaired) electrons. The fourth-order valence-corrected chi connectivity index (χ4v) is 2.88. The maximum absolute atomic E-state index is 13.1. The summed E-state index contributed by atoms with van der Waals surface area (Å²) in [5.74, 6) is -1.63. The molecule has 19 heavy (non-hydrogen) atoms. The second kappa shape index (κ2) is 5.75. The van der Waals surface area contributed by atoms with Crippen LogP contribution in [-0.4, -0.2) is 4.98 Å². The van der Waals surface area contributed by atoms with Crippen molar-refractivity contribution in [3.8, 4) is 0 Å². The third-order valence-electron chi connectivity index (χ3n) is 2.95. The van der Waals surface area contributed by atoms with Crippen molar-refractivity contribution in [2.24, 2.45) is 0 Å². The van der Waals surface area contributed by atoms with E-state index in [0.717, 1.165) is 22.3 Å². The molecule has 102 valence electrons. The summed E-state index contributed by atoms with van der Waals surface area (Å²) in [6.07, 6.45) is 0. The molecular weight excluding hydrogens is 266 g/mol. The Balaban J connectivity index is 2.02. The molecule has 1 heterocycles. The van der Waals surface area contributed by atoms with Gasteiger partial charge in [0.1, 0.15) is 0 Å². The van der Waals surface area contributed by atoms with Crippen molar-refractivity contribution in [1.29, 1.82) is 0 Å². The molecule has 0 amide bonds. The topological polar surface area (TPSA) is 24.9 Å². The Hall–Kier alpha value is -1.33. The zero-order chi connectivity index (χ0) is 14.0. The van der Waals surface area contributed by atoms with E-state index in [1.807, 2.05) is 20.8 Å². The van der Waals surface area contributed by atoms with Crippen LogP contribution >= 0.6 is 11.3 Å². The molecule has 5 heteroatoms. The van der Waals surface area contributed by atoms with E-state index in [9.17, 15) is 8.78 Å². The van der Waals surface area contributed by atoms with Crippen molar-refractivity contribution in [2.45, 2.75) is 33.4 Å². The molecule has 1 aromatic heterocycles. The van der Waals surface area contributed by atoms with Crippen LogP contribution in [0.1, 0.15) is 34.1 Å². The minimum atomic E-state index is -0.817. The van der Waals surface area contributed by atoms with Gasteiger partial charge in [0, 0.05) is 17.5 Å². The molecule has 2 aromatic rings. The highest BCUT2D eigenvalue weighted by molar-refractivity contribution is 7.11. The Bertz CT molecular complexity index is 581. The van der Waals surface area contributed by atoms with Crippen LogP contribution < -0.4 is 5.32 Å². The van der Waals surface area contributed by atoms with Gasteiger partial charge in [-0.25, -0.2) is 13.8 Å². The van der Waals surface area contributed by atoms with Gasteiger partial charge < -0.3 is 5.32 Å². The summed E-state index contributed by atoms with van der Waals surface area (Å²) >= 11 is 1.66. The third-order valence-corrected chi connectivity index (χ3v) is 3.85. The fraction of sp³-hybridized carbons (Fsp3) is 0.357. The quantitative estimate of drug-likeness (QED) is 0.920. The number of hydrogen-bond acceptors (Lipinski definition) is 3. The van der Waals surface area contributed by atoms with Crippen molar-refractivity contribution in [3.05, 3.63) is 51.0 Å². The SMILES string of the molecule is Cc1nc(C(C)NCc2ccc(F)c(F)c2)c(C)s1. The van der Waals surface area contributed by atoms with Gasteiger partial charge in [-0.05, 0) is 38.5 Å². The molecule has 0 aliphatic rings. The van der Waals surface area contributed by atoms with Crippen LogP contribution in [0.15, 0.2) is 18.2 Å². The summed E-state index contributed by atoms with van der Waals surface area (Å²) in [4.78, 5) is 5.66. The lowest BCUT2D eigenvalue weighted by Gasteiger charge is -2.12. The van der Waals surface area contributed by atoms with Crippen LogP contribution in [0.3, 0.4) is 0 Å². The normalized spacial score (nSPS) is 12.7. The summed E-state index contributed by atoms with van der Waals surface area (Å²) in [7, 11) is 0. The molecule has 0 aliphatic carbocycles. The highest BCUT2D eigenvalue weighted by Gasteiger charge is 2.12. The first kappa shape index (κ1) is 14.1. The molecular formula is C14H16F2N2S. The van der Waals surface area contributed by atoms with E-state index >= 15 is 0 Å². The standard InChI is InChI=1S/C14H16F2N2S/c1-8(14-9(2)19-10(3)18-14)17-7-11-4-5-12(15)13(16)6-11/h4-6,8,17H,7H2,1-3H3. The summed E-state index contributed by atoms with van der Waals surface area (Å²) in [5.41, 5.74) is 1.74. The number of benzene rings is 1. The van der Waals surface area contributed by atoms with Gasteiger partial charge >= 0.3 is 0 Å². The largest absolute Gasteiger partial charge is 0.305 e. The molecule has 0 bridgehead atoms. The minimum Gasteiger partial charge on any atom is -0.305 e. The molecule has 1 N–H and O–H groups in total. The van der Waals surface area contributed by atoms with Gasteiger partial charge in [-0.15, -0.1) is 11.3 Å². The molecule has 1 unspecified atom stereocenters. The first-order valence-electron chi connectivity index (χ1n) is 6.08. The van der Waals surface area contributed by atoms with Crippen LogP contribution in [0.2, 0.25) is 0 Å². The van der Waals surface area contributed by atoms with E-state index in [-0.39, 0.29) is 6.04 Å². The average molecular weight is 282 g/mol. The predicted molar refractivity (Wildman–Crippen MR) is 73.2 cm³/mol. The number of hydrogen-bond donors (Lipinski definition) is 1. The molecule has 0 saturated heterocycles. The molecule has 1 aromatic carbocycles. The van der Waals surface area contributed by atoms with Crippen molar-refractivity contribution in [3.63, 3.8) is 0 Å². The number of aryl methyl sites for hydroxylation is 2. The van der Waals surface area contributed by atoms with Crippen molar-refractivity contribution >= 4 is 11.3 Å². The first-order chi connectivity index (χ1) is 8.97. The van der Waals surface area contributed by atoms with E-state index in [2.05, 4.69) is 10.3 Å². The summed E-state index contributed by atoms with van der Waals surface area (Å²) < 4.78 is 25.9. The van der Waals surface area contributed by atoms with Crippen molar-refractivity contribution in [2.75, 3.05) is 0 Å². The second-order valence-corrected chi connectivity index (χ2v) is 5.93. The Kier molecular flexibility index (Phi) is 4.27. The average Bonchev–Trinajstić information content (AvgIpc) is 2.70. The van der Waals surface area contributed by atoms with Crippen LogP contribution in [0, 0.1) is 25.5 Å². The van der Waals surface area contributed by atoms with Crippen LogP contribution in [0.25, 0.3) is 0 Å². The molecule has 0 fully saturated rings. The zero-order valence-electron chi connectivity index (χ0n) is 11.1. The lowest BCUT2D eigenvalue weighted by Crippen LogP contribution is -2.19. The summed E-state index contributed by atoms with van der Waals surface area (Å²) in [5, 5.41) is 4.31. The Morgan fingerprint density at radius 2 is 2.00 bits per heavy atom. The number of thiazole rings is 1. The Morgan fingerprint density at radius 1 is 1.26 bits per heavy atom. The smallest absolute Gasteiger partial charge is 0.159 e. The highest BCUT2D eigenvalue weighted by atomic mass is 32.1. The fourth-order valence-electron chi connectivity index (χ4n) is 1.96. The molecule has 0 saturated carbocycles. The summed E-state index contributed by atoms with van der Waals surface area (Å²) in [6.45, 7) is 6.51. The van der Waals surface area contributed by atoms with Crippen LogP contribution in [0.4, 0.5) is 8.78 Å². The van der Waals surface area contributed by atoms with Crippen molar-refractivity contribution < 1.29 is 8.78 Å². The lowest BCUT2D eigenvalue weighted by molar-refractivity contribution is 0.503. The molecule has 0 aliphatic heterocycles. The maximum atomic E-state index is 13.1. The van der Waals surface area contributed by atoms with Gasteiger partial charge in [0.05, 0.1) is 10.7 Å². The van der Waals surface area contributed by atoms with Gasteiger partial charge in [-0.1, -0.05) is 6.07 Å².